The standard InChI is InChI=1S/C9H14F2N4OS.ClH/c1-3-4-9(2,12)7(16)13-8-15-14-6(17-8)5(10)11;/h5H,3-4,12H2,1-2H3,(H,13,15,16);1H. The Labute approximate surface area is 114 Å². The number of nitrogens with zero attached hydrogens (tertiary/aromatic N) is 2. The van der Waals surface area contributed by atoms with E-state index in [0.717, 1.165) is 6.42 Å². The van der Waals surface area contributed by atoms with Crippen LogP contribution in [0.5, 0.6) is 0 Å². The number of aromatic nitrogens is 2. The average molecular weight is 301 g/mol. The molecule has 9 heteroatoms. The summed E-state index contributed by atoms with van der Waals surface area (Å²) in [5.74, 6) is -0.448. The van der Waals surface area contributed by atoms with Crippen molar-refractivity contribution in [2.45, 2.75) is 38.7 Å². The summed E-state index contributed by atoms with van der Waals surface area (Å²) in [6.07, 6.45) is -1.43. The van der Waals surface area contributed by atoms with E-state index >= 15 is 0 Å². The fourth-order valence-electron chi connectivity index (χ4n) is 1.25. The molecule has 0 saturated heterocycles. The van der Waals surface area contributed by atoms with Gasteiger partial charge in [0.05, 0.1) is 5.54 Å². The molecule has 1 aromatic rings. The summed E-state index contributed by atoms with van der Waals surface area (Å²) in [5.41, 5.74) is 4.75. The highest BCUT2D eigenvalue weighted by Crippen LogP contribution is 2.25. The maximum atomic E-state index is 12.2. The van der Waals surface area contributed by atoms with Crippen molar-refractivity contribution in [1.82, 2.24) is 10.2 Å². The van der Waals surface area contributed by atoms with Gasteiger partial charge in [-0.2, -0.15) is 0 Å². The zero-order chi connectivity index (χ0) is 13.1. The molecular weight excluding hydrogens is 286 g/mol. The molecule has 0 aromatic carbocycles. The molecule has 1 rings (SSSR count). The van der Waals surface area contributed by atoms with Crippen LogP contribution in [0.1, 0.15) is 38.1 Å². The zero-order valence-electron chi connectivity index (χ0n) is 9.94. The molecule has 1 unspecified atom stereocenters. The van der Waals surface area contributed by atoms with Crippen LogP contribution >= 0.6 is 23.7 Å². The maximum Gasteiger partial charge on any atom is 0.291 e. The summed E-state index contributed by atoms with van der Waals surface area (Å²) in [4.78, 5) is 11.7. The van der Waals surface area contributed by atoms with Crippen molar-refractivity contribution in [3.8, 4) is 0 Å². The van der Waals surface area contributed by atoms with Gasteiger partial charge < -0.3 is 5.73 Å². The second-order valence-corrected chi connectivity index (χ2v) is 4.88. The van der Waals surface area contributed by atoms with Crippen LogP contribution < -0.4 is 11.1 Å². The number of amides is 1. The Kier molecular flexibility index (Phi) is 6.58. The number of nitrogens with two attached hydrogens (primary N) is 1. The third-order valence-electron chi connectivity index (χ3n) is 2.14. The largest absolute Gasteiger partial charge is 0.318 e. The molecule has 0 radical (unpaired) electrons. The highest BCUT2D eigenvalue weighted by molar-refractivity contribution is 7.15. The van der Waals surface area contributed by atoms with Gasteiger partial charge in [0, 0.05) is 0 Å². The first-order chi connectivity index (χ1) is 7.86. The lowest BCUT2D eigenvalue weighted by Crippen LogP contribution is -2.48. The molecule has 3 N–H and O–H groups in total. The van der Waals surface area contributed by atoms with Crippen molar-refractivity contribution in [2.75, 3.05) is 5.32 Å². The molecule has 18 heavy (non-hydrogen) atoms. The Morgan fingerprint density at radius 2 is 2.17 bits per heavy atom. The average Bonchev–Trinajstić information content (AvgIpc) is 2.66. The third kappa shape index (κ3) is 4.43. The summed E-state index contributed by atoms with van der Waals surface area (Å²) in [5, 5.41) is 8.72. The number of alkyl halides is 2. The van der Waals surface area contributed by atoms with Gasteiger partial charge in [-0.3, -0.25) is 10.1 Å². The molecule has 1 amide bonds. The second kappa shape index (κ2) is 6.91. The topological polar surface area (TPSA) is 80.9 Å². The van der Waals surface area contributed by atoms with Crippen molar-refractivity contribution >= 4 is 34.8 Å². The van der Waals surface area contributed by atoms with E-state index < -0.39 is 22.9 Å². The van der Waals surface area contributed by atoms with Gasteiger partial charge in [0.1, 0.15) is 0 Å². The number of nitrogens with one attached hydrogen (secondary N) is 1. The fraction of sp³-hybridized carbons (Fsp3) is 0.667. The van der Waals surface area contributed by atoms with E-state index in [0.29, 0.717) is 17.8 Å². The lowest BCUT2D eigenvalue weighted by Gasteiger charge is -2.21. The quantitative estimate of drug-likeness (QED) is 0.874. The predicted octanol–water partition coefficient (Wildman–Crippen LogP) is 2.35. The molecule has 0 spiro atoms. The predicted molar refractivity (Wildman–Crippen MR) is 68.2 cm³/mol. The van der Waals surface area contributed by atoms with Crippen LogP contribution in [-0.2, 0) is 4.79 Å². The van der Waals surface area contributed by atoms with Crippen LogP contribution in [-0.4, -0.2) is 21.6 Å². The van der Waals surface area contributed by atoms with E-state index in [2.05, 4.69) is 15.5 Å². The summed E-state index contributed by atoms with van der Waals surface area (Å²) >= 11 is 0.644. The van der Waals surface area contributed by atoms with Crippen LogP contribution in [0.25, 0.3) is 0 Å². The van der Waals surface area contributed by atoms with Crippen molar-refractivity contribution in [2.24, 2.45) is 5.73 Å². The van der Waals surface area contributed by atoms with Gasteiger partial charge in [-0.05, 0) is 13.3 Å². The first-order valence-electron chi connectivity index (χ1n) is 5.08. The minimum absolute atomic E-state index is 0. The van der Waals surface area contributed by atoms with Crippen LogP contribution in [0.2, 0.25) is 0 Å². The van der Waals surface area contributed by atoms with E-state index in [1.807, 2.05) is 6.92 Å². The van der Waals surface area contributed by atoms with Gasteiger partial charge in [-0.1, -0.05) is 24.7 Å². The molecule has 1 heterocycles. The number of carbonyl (C=O) groups excluding carboxylic acids is 1. The van der Waals surface area contributed by atoms with Crippen molar-refractivity contribution in [3.05, 3.63) is 5.01 Å². The third-order valence-corrected chi connectivity index (χ3v) is 2.98. The molecule has 1 aromatic heterocycles. The monoisotopic (exact) mass is 300 g/mol. The smallest absolute Gasteiger partial charge is 0.291 e. The molecule has 0 aliphatic heterocycles. The van der Waals surface area contributed by atoms with Crippen molar-refractivity contribution < 1.29 is 13.6 Å². The maximum absolute atomic E-state index is 12.2. The summed E-state index contributed by atoms with van der Waals surface area (Å²) < 4.78 is 24.5. The number of carbonyl (C=O) groups is 1. The molecule has 0 bridgehead atoms. The van der Waals surface area contributed by atoms with Crippen LogP contribution in [0.3, 0.4) is 0 Å². The van der Waals surface area contributed by atoms with Crippen LogP contribution in [0.4, 0.5) is 13.9 Å². The number of rotatable bonds is 5. The number of halogens is 3. The molecule has 0 aliphatic rings. The normalized spacial score (nSPS) is 13.9. The first-order valence-corrected chi connectivity index (χ1v) is 5.90. The lowest BCUT2D eigenvalue weighted by atomic mass is 9.97. The SMILES string of the molecule is CCCC(C)(N)C(=O)Nc1nnc(C(F)F)s1.Cl. The van der Waals surface area contributed by atoms with Crippen LogP contribution in [0, 0.1) is 0 Å². The Morgan fingerprint density at radius 3 is 2.61 bits per heavy atom. The lowest BCUT2D eigenvalue weighted by molar-refractivity contribution is -0.120. The number of hydrogen-bond acceptors (Lipinski definition) is 5. The first kappa shape index (κ1) is 17.1. The Balaban J connectivity index is 0.00000289. The Hall–Kier alpha value is -0.860. The number of anilines is 1. The highest BCUT2D eigenvalue weighted by atomic mass is 35.5. The van der Waals surface area contributed by atoms with E-state index in [1.54, 1.807) is 6.92 Å². The molecule has 0 aliphatic carbocycles. The minimum atomic E-state index is -2.68. The fourth-order valence-corrected chi connectivity index (χ4v) is 1.84. The van der Waals surface area contributed by atoms with Crippen LogP contribution in [0.15, 0.2) is 0 Å². The minimum Gasteiger partial charge on any atom is -0.318 e. The highest BCUT2D eigenvalue weighted by Gasteiger charge is 2.28. The van der Waals surface area contributed by atoms with E-state index in [4.69, 9.17) is 5.73 Å². The van der Waals surface area contributed by atoms with E-state index in [9.17, 15) is 13.6 Å². The Morgan fingerprint density at radius 1 is 1.56 bits per heavy atom. The Bertz CT molecular complexity index is 400. The number of hydrogen-bond donors (Lipinski definition) is 2. The van der Waals surface area contributed by atoms with Gasteiger partial charge >= 0.3 is 0 Å². The van der Waals surface area contributed by atoms with E-state index in [1.165, 1.54) is 0 Å². The van der Waals surface area contributed by atoms with Gasteiger partial charge in [0.15, 0.2) is 5.01 Å². The zero-order valence-corrected chi connectivity index (χ0v) is 11.6. The summed E-state index contributed by atoms with van der Waals surface area (Å²) in [6.45, 7) is 3.49. The molecular formula is C9H15ClF2N4OS. The molecule has 1 atom stereocenters. The molecule has 104 valence electrons. The summed E-state index contributed by atoms with van der Waals surface area (Å²) in [7, 11) is 0. The van der Waals surface area contributed by atoms with Gasteiger partial charge in [-0.25, -0.2) is 8.78 Å². The van der Waals surface area contributed by atoms with E-state index in [-0.39, 0.29) is 17.5 Å². The molecule has 0 fully saturated rings. The van der Waals surface area contributed by atoms with Gasteiger partial charge in [0.2, 0.25) is 11.0 Å². The second-order valence-electron chi connectivity index (χ2n) is 3.87. The molecule has 0 saturated carbocycles. The molecule has 5 nitrogen and oxygen atoms in total. The van der Waals surface area contributed by atoms with Gasteiger partial charge in [0.25, 0.3) is 6.43 Å². The van der Waals surface area contributed by atoms with Gasteiger partial charge in [-0.15, -0.1) is 22.6 Å². The van der Waals surface area contributed by atoms with Crippen molar-refractivity contribution in [1.29, 1.82) is 0 Å². The van der Waals surface area contributed by atoms with Crippen molar-refractivity contribution in [3.63, 3.8) is 0 Å². The summed E-state index contributed by atoms with van der Waals surface area (Å²) in [6, 6.07) is 0.